The van der Waals surface area contributed by atoms with Crippen molar-refractivity contribution in [1.29, 1.82) is 0 Å². The Hall–Kier alpha value is -2.71. The molecule has 0 bridgehead atoms. The van der Waals surface area contributed by atoms with Crippen molar-refractivity contribution in [2.24, 2.45) is 20.9 Å². The number of aryl methyl sites for hydroxylation is 1. The van der Waals surface area contributed by atoms with Crippen LogP contribution in [0.5, 0.6) is 11.5 Å². The van der Waals surface area contributed by atoms with Crippen molar-refractivity contribution in [3.63, 3.8) is 0 Å². The summed E-state index contributed by atoms with van der Waals surface area (Å²) >= 11 is 2.70. The lowest BCUT2D eigenvalue weighted by atomic mass is 10.2. The van der Waals surface area contributed by atoms with Crippen LogP contribution in [0.25, 0.3) is 6.08 Å². The highest BCUT2D eigenvalue weighted by atomic mass is 32.2. The SMILES string of the molecule is COc1ccc(N=c2ccc(O)c(C=C3C=NC(=NC(=O)C4CC4)S3)s2)c(C)c1. The van der Waals surface area contributed by atoms with Gasteiger partial charge in [0.05, 0.1) is 17.7 Å². The van der Waals surface area contributed by atoms with Gasteiger partial charge in [-0.2, -0.15) is 4.99 Å². The number of carbonyl (C=O) groups excluding carboxylic acids is 1. The Bertz CT molecular complexity index is 1130. The fourth-order valence-corrected chi connectivity index (χ4v) is 4.31. The second-order valence-corrected chi connectivity index (χ2v) is 8.80. The van der Waals surface area contributed by atoms with E-state index in [-0.39, 0.29) is 17.6 Å². The normalized spacial score (nSPS) is 19.3. The van der Waals surface area contributed by atoms with E-state index in [1.807, 2.05) is 31.2 Å². The molecule has 1 saturated carbocycles. The monoisotopic (exact) mass is 425 g/mol. The van der Waals surface area contributed by atoms with E-state index in [1.54, 1.807) is 25.5 Å². The first kappa shape index (κ1) is 19.6. The summed E-state index contributed by atoms with van der Waals surface area (Å²) in [7, 11) is 1.63. The number of thioether (sulfide) groups is 1. The molecule has 2 heterocycles. The molecule has 8 heteroatoms. The minimum Gasteiger partial charge on any atom is -0.506 e. The van der Waals surface area contributed by atoms with E-state index in [0.717, 1.165) is 39.4 Å². The molecule has 0 radical (unpaired) electrons. The second-order valence-electron chi connectivity index (χ2n) is 6.70. The molecule has 2 aromatic rings. The summed E-state index contributed by atoms with van der Waals surface area (Å²) in [5.74, 6) is 0.947. The molecule has 2 aliphatic rings. The van der Waals surface area contributed by atoms with E-state index in [4.69, 9.17) is 4.74 Å². The quantitative estimate of drug-likeness (QED) is 0.784. The Kier molecular flexibility index (Phi) is 5.64. The van der Waals surface area contributed by atoms with Crippen LogP contribution in [-0.2, 0) is 4.79 Å². The molecule has 29 heavy (non-hydrogen) atoms. The molecule has 1 aliphatic heterocycles. The molecule has 1 N–H and O–H groups in total. The maximum Gasteiger partial charge on any atom is 0.251 e. The van der Waals surface area contributed by atoms with Gasteiger partial charge < -0.3 is 9.84 Å². The zero-order chi connectivity index (χ0) is 20.4. The Labute approximate surface area is 176 Å². The minimum absolute atomic E-state index is 0.0808. The molecular weight excluding hydrogens is 406 g/mol. The second kappa shape index (κ2) is 8.34. The summed E-state index contributed by atoms with van der Waals surface area (Å²) in [6.07, 6.45) is 5.34. The van der Waals surface area contributed by atoms with Gasteiger partial charge in [-0.15, -0.1) is 11.3 Å². The molecule has 6 nitrogen and oxygen atoms in total. The number of amidine groups is 1. The van der Waals surface area contributed by atoms with Crippen LogP contribution < -0.4 is 9.41 Å². The van der Waals surface area contributed by atoms with Crippen LogP contribution in [0.1, 0.15) is 23.3 Å². The number of amides is 1. The molecule has 0 spiro atoms. The molecule has 0 saturated heterocycles. The van der Waals surface area contributed by atoms with E-state index in [2.05, 4.69) is 15.0 Å². The first-order valence-electron chi connectivity index (χ1n) is 9.10. The van der Waals surface area contributed by atoms with E-state index in [0.29, 0.717) is 10.0 Å². The molecule has 1 aromatic carbocycles. The number of benzene rings is 1. The van der Waals surface area contributed by atoms with Crippen molar-refractivity contribution in [1.82, 2.24) is 0 Å². The highest BCUT2D eigenvalue weighted by molar-refractivity contribution is 8.18. The first-order chi connectivity index (χ1) is 14.0. The number of hydrogen-bond acceptors (Lipinski definition) is 6. The lowest BCUT2D eigenvalue weighted by molar-refractivity contribution is -0.118. The molecule has 1 amide bonds. The van der Waals surface area contributed by atoms with Crippen LogP contribution in [0.3, 0.4) is 0 Å². The fraction of sp³-hybridized carbons (Fsp3) is 0.238. The van der Waals surface area contributed by atoms with Crippen LogP contribution in [0.2, 0.25) is 0 Å². The van der Waals surface area contributed by atoms with Gasteiger partial charge in [0.15, 0.2) is 5.17 Å². The van der Waals surface area contributed by atoms with Crippen LogP contribution in [0.4, 0.5) is 5.69 Å². The van der Waals surface area contributed by atoms with Gasteiger partial charge in [-0.25, -0.2) is 9.98 Å². The minimum atomic E-state index is -0.0905. The number of hydrogen-bond donors (Lipinski definition) is 1. The van der Waals surface area contributed by atoms with E-state index >= 15 is 0 Å². The molecule has 1 aromatic heterocycles. The molecular formula is C21H19N3O3S2. The summed E-state index contributed by atoms with van der Waals surface area (Å²) in [6, 6.07) is 9.12. The zero-order valence-electron chi connectivity index (χ0n) is 16.0. The van der Waals surface area contributed by atoms with Gasteiger partial charge in [0, 0.05) is 17.0 Å². The number of nitrogens with zero attached hydrogens (tertiary/aromatic N) is 3. The summed E-state index contributed by atoms with van der Waals surface area (Å²) < 4.78 is 6.00. The number of ether oxygens (including phenoxy) is 1. The van der Waals surface area contributed by atoms with Crippen molar-refractivity contribution in [2.45, 2.75) is 19.8 Å². The van der Waals surface area contributed by atoms with Crippen LogP contribution >= 0.6 is 23.1 Å². The number of methoxy groups -OCH3 is 1. The van der Waals surface area contributed by atoms with Crippen LogP contribution in [-0.4, -0.2) is 29.5 Å². The fourth-order valence-electron chi connectivity index (χ4n) is 2.63. The first-order valence-corrected chi connectivity index (χ1v) is 10.7. The summed E-state index contributed by atoms with van der Waals surface area (Å²) in [5.41, 5.74) is 1.85. The standard InChI is InChI=1S/C21H19N3O3S2/c1-12-9-14(27-2)5-6-16(12)23-19-8-7-17(25)18(29-19)10-15-11-22-21(28-15)24-20(26)13-3-4-13/h5-11,13,25H,3-4H2,1-2H3. The van der Waals surface area contributed by atoms with Gasteiger partial charge in [0.25, 0.3) is 5.91 Å². The lowest BCUT2D eigenvalue weighted by Gasteiger charge is -2.04. The Balaban J connectivity index is 1.58. The lowest BCUT2D eigenvalue weighted by Crippen LogP contribution is -1.98. The van der Waals surface area contributed by atoms with Crippen molar-refractivity contribution in [2.75, 3.05) is 7.11 Å². The number of rotatable bonds is 4. The summed E-state index contributed by atoms with van der Waals surface area (Å²) in [4.78, 5) is 26.2. The predicted octanol–water partition coefficient (Wildman–Crippen LogP) is 4.45. The largest absolute Gasteiger partial charge is 0.506 e. The number of allylic oxidation sites excluding steroid dienone is 1. The molecule has 1 fully saturated rings. The van der Waals surface area contributed by atoms with Crippen LogP contribution in [0, 0.1) is 12.8 Å². The third-order valence-electron chi connectivity index (χ3n) is 4.40. The van der Waals surface area contributed by atoms with E-state index in [9.17, 15) is 9.90 Å². The Morgan fingerprint density at radius 3 is 2.86 bits per heavy atom. The van der Waals surface area contributed by atoms with E-state index in [1.165, 1.54) is 23.1 Å². The third-order valence-corrected chi connectivity index (χ3v) is 6.22. The Morgan fingerprint density at radius 1 is 1.31 bits per heavy atom. The predicted molar refractivity (Wildman–Crippen MR) is 118 cm³/mol. The molecule has 148 valence electrons. The van der Waals surface area contributed by atoms with Gasteiger partial charge in [0.2, 0.25) is 0 Å². The van der Waals surface area contributed by atoms with Crippen molar-refractivity contribution >= 4 is 52.2 Å². The molecule has 0 atom stereocenters. The van der Waals surface area contributed by atoms with Gasteiger partial charge >= 0.3 is 0 Å². The molecule has 0 unspecified atom stereocenters. The summed E-state index contributed by atoms with van der Waals surface area (Å²) in [5, 5.41) is 10.7. The van der Waals surface area contributed by atoms with Gasteiger partial charge in [-0.3, -0.25) is 4.79 Å². The van der Waals surface area contributed by atoms with Crippen molar-refractivity contribution in [3.05, 3.63) is 50.3 Å². The average molecular weight is 426 g/mol. The maximum absolute atomic E-state index is 11.8. The van der Waals surface area contributed by atoms with Crippen LogP contribution in [0.15, 0.2) is 50.2 Å². The number of aliphatic imine (C=N–C) groups is 2. The van der Waals surface area contributed by atoms with Crippen molar-refractivity contribution < 1.29 is 14.6 Å². The maximum atomic E-state index is 11.8. The highest BCUT2D eigenvalue weighted by Crippen LogP contribution is 2.33. The average Bonchev–Trinajstić information content (AvgIpc) is 3.47. The topological polar surface area (TPSA) is 83.6 Å². The highest BCUT2D eigenvalue weighted by Gasteiger charge is 2.30. The summed E-state index contributed by atoms with van der Waals surface area (Å²) in [6.45, 7) is 1.98. The third kappa shape index (κ3) is 4.83. The van der Waals surface area contributed by atoms with Gasteiger partial charge in [-0.05, 0) is 73.5 Å². The number of aromatic hydroxyl groups is 1. The van der Waals surface area contributed by atoms with Crippen molar-refractivity contribution in [3.8, 4) is 11.5 Å². The van der Waals surface area contributed by atoms with Gasteiger partial charge in [0.1, 0.15) is 16.2 Å². The van der Waals surface area contributed by atoms with Gasteiger partial charge in [-0.1, -0.05) is 0 Å². The smallest absolute Gasteiger partial charge is 0.251 e. The Morgan fingerprint density at radius 2 is 2.14 bits per heavy atom. The van der Waals surface area contributed by atoms with E-state index < -0.39 is 0 Å². The number of carbonyl (C=O) groups is 1. The molecule has 4 rings (SSSR count). The molecule has 1 aliphatic carbocycles. The zero-order valence-corrected chi connectivity index (χ0v) is 17.6.